The van der Waals surface area contributed by atoms with Crippen LogP contribution in [0.4, 0.5) is 0 Å². The molecule has 0 N–H and O–H groups in total. The molecule has 0 aromatic carbocycles. The van der Waals surface area contributed by atoms with E-state index in [1.165, 1.54) is 61.9 Å². The Balaban J connectivity index is 2.21. The number of hydrogen-bond acceptors (Lipinski definition) is 1. The molecule has 1 heterocycles. The van der Waals surface area contributed by atoms with Gasteiger partial charge < -0.3 is 0 Å². The van der Waals surface area contributed by atoms with Gasteiger partial charge in [0.15, 0.2) is 0 Å². The summed E-state index contributed by atoms with van der Waals surface area (Å²) in [5.74, 6) is 0. The first-order chi connectivity index (χ1) is 7.40. The number of fused-ring (bicyclic) bond motifs is 1. The van der Waals surface area contributed by atoms with E-state index in [0.29, 0.717) is 0 Å². The molecule has 0 fully saturated rings. The van der Waals surface area contributed by atoms with Crippen molar-refractivity contribution in [1.29, 1.82) is 0 Å². The molecule has 0 unspecified atom stereocenters. The third-order valence-electron chi connectivity index (χ3n) is 3.35. The van der Waals surface area contributed by atoms with Gasteiger partial charge in [-0.05, 0) is 43.7 Å². The Morgan fingerprint density at radius 2 is 1.73 bits per heavy atom. The molecular formula is C14H21N. The molecule has 0 saturated heterocycles. The van der Waals surface area contributed by atoms with Crippen molar-refractivity contribution in [1.82, 2.24) is 4.98 Å². The first-order valence-corrected chi connectivity index (χ1v) is 6.38. The molecule has 0 radical (unpaired) electrons. The highest BCUT2D eigenvalue weighted by atomic mass is 14.7. The molecule has 0 aliphatic heterocycles. The second-order valence-electron chi connectivity index (χ2n) is 4.53. The zero-order valence-corrected chi connectivity index (χ0v) is 9.76. The maximum Gasteiger partial charge on any atom is 0.0438 e. The number of hydrogen-bond donors (Lipinski definition) is 0. The van der Waals surface area contributed by atoms with E-state index in [4.69, 9.17) is 4.98 Å². The summed E-state index contributed by atoms with van der Waals surface area (Å²) < 4.78 is 0. The van der Waals surface area contributed by atoms with Crippen LogP contribution in [0.25, 0.3) is 0 Å². The highest BCUT2D eigenvalue weighted by molar-refractivity contribution is 5.23. The molecule has 1 aromatic rings. The zero-order valence-electron chi connectivity index (χ0n) is 9.76. The van der Waals surface area contributed by atoms with Crippen LogP contribution in [0.1, 0.15) is 56.0 Å². The third kappa shape index (κ3) is 2.80. The van der Waals surface area contributed by atoms with Gasteiger partial charge in [0, 0.05) is 11.4 Å². The minimum atomic E-state index is 1.06. The van der Waals surface area contributed by atoms with Crippen molar-refractivity contribution < 1.29 is 0 Å². The van der Waals surface area contributed by atoms with Gasteiger partial charge in [-0.1, -0.05) is 32.3 Å². The van der Waals surface area contributed by atoms with E-state index in [2.05, 4.69) is 19.1 Å². The van der Waals surface area contributed by atoms with E-state index in [1.54, 1.807) is 0 Å². The predicted molar refractivity (Wildman–Crippen MR) is 64.1 cm³/mol. The van der Waals surface area contributed by atoms with Crippen LogP contribution in [-0.4, -0.2) is 4.98 Å². The fourth-order valence-electron chi connectivity index (χ4n) is 2.35. The van der Waals surface area contributed by atoms with Crippen LogP contribution in [0.15, 0.2) is 12.1 Å². The van der Waals surface area contributed by atoms with Gasteiger partial charge >= 0.3 is 0 Å². The smallest absolute Gasteiger partial charge is 0.0438 e. The van der Waals surface area contributed by atoms with Crippen molar-refractivity contribution in [2.75, 3.05) is 0 Å². The average Bonchev–Trinajstić information content (AvgIpc) is 2.39. The molecule has 2 rings (SSSR count). The molecule has 0 spiro atoms. The van der Waals surface area contributed by atoms with Crippen LogP contribution in [0.3, 0.4) is 0 Å². The average molecular weight is 203 g/mol. The van der Waals surface area contributed by atoms with Gasteiger partial charge in [0.05, 0.1) is 0 Å². The number of pyridine rings is 1. The molecule has 1 heteroatoms. The van der Waals surface area contributed by atoms with E-state index in [-0.39, 0.29) is 0 Å². The summed E-state index contributed by atoms with van der Waals surface area (Å²) in [5.41, 5.74) is 4.15. The first-order valence-electron chi connectivity index (χ1n) is 6.38. The van der Waals surface area contributed by atoms with Crippen molar-refractivity contribution in [2.45, 2.75) is 58.3 Å². The van der Waals surface area contributed by atoms with Crippen molar-refractivity contribution in [2.24, 2.45) is 0 Å². The lowest BCUT2D eigenvalue weighted by Gasteiger charge is -2.08. The Labute approximate surface area is 92.9 Å². The Morgan fingerprint density at radius 3 is 2.53 bits per heavy atom. The van der Waals surface area contributed by atoms with Crippen LogP contribution < -0.4 is 0 Å². The topological polar surface area (TPSA) is 12.9 Å². The number of aryl methyl sites for hydroxylation is 3. The van der Waals surface area contributed by atoms with Crippen molar-refractivity contribution in [3.63, 3.8) is 0 Å². The highest BCUT2D eigenvalue weighted by Crippen LogP contribution is 2.18. The predicted octanol–water partition coefficient (Wildman–Crippen LogP) is 3.69. The van der Waals surface area contributed by atoms with Gasteiger partial charge in [-0.3, -0.25) is 4.98 Å². The fourth-order valence-corrected chi connectivity index (χ4v) is 2.35. The molecule has 82 valence electrons. The van der Waals surface area contributed by atoms with Gasteiger partial charge in [-0.25, -0.2) is 0 Å². The lowest BCUT2D eigenvalue weighted by Crippen LogP contribution is -2.00. The Hall–Kier alpha value is -0.850. The van der Waals surface area contributed by atoms with Gasteiger partial charge in [0.1, 0.15) is 0 Å². The lowest BCUT2D eigenvalue weighted by atomic mass is 10.0. The summed E-state index contributed by atoms with van der Waals surface area (Å²) in [5, 5.41) is 0. The Kier molecular flexibility index (Phi) is 3.76. The fraction of sp³-hybridized carbons (Fsp3) is 0.643. The van der Waals surface area contributed by atoms with E-state index in [9.17, 15) is 0 Å². The summed E-state index contributed by atoms with van der Waals surface area (Å²) in [6, 6.07) is 4.52. The summed E-state index contributed by atoms with van der Waals surface area (Å²) in [6.45, 7) is 2.18. The highest BCUT2D eigenvalue weighted by Gasteiger charge is 2.07. The van der Waals surface area contributed by atoms with Crippen LogP contribution in [0.5, 0.6) is 0 Å². The van der Waals surface area contributed by atoms with Crippen LogP contribution in [0, 0.1) is 0 Å². The summed E-state index contributed by atoms with van der Waals surface area (Å²) in [4.78, 5) is 4.78. The second kappa shape index (κ2) is 5.29. The van der Waals surface area contributed by atoms with Crippen molar-refractivity contribution in [3.8, 4) is 0 Å². The quantitative estimate of drug-likeness (QED) is 0.678. The monoisotopic (exact) mass is 203 g/mol. The Morgan fingerprint density at radius 1 is 1.00 bits per heavy atom. The van der Waals surface area contributed by atoms with Crippen LogP contribution >= 0.6 is 0 Å². The molecule has 1 aromatic heterocycles. The van der Waals surface area contributed by atoms with E-state index in [0.717, 1.165) is 6.42 Å². The molecule has 0 saturated carbocycles. The van der Waals surface area contributed by atoms with E-state index in [1.807, 2.05) is 0 Å². The summed E-state index contributed by atoms with van der Waals surface area (Å²) in [7, 11) is 0. The van der Waals surface area contributed by atoms with Gasteiger partial charge in [0.2, 0.25) is 0 Å². The molecule has 1 nitrogen and oxygen atoms in total. The zero-order chi connectivity index (χ0) is 10.5. The number of nitrogens with zero attached hydrogens (tertiary/aromatic N) is 1. The third-order valence-corrected chi connectivity index (χ3v) is 3.35. The minimum absolute atomic E-state index is 1.06. The minimum Gasteiger partial charge on any atom is -0.258 e. The maximum atomic E-state index is 4.78. The van der Waals surface area contributed by atoms with Crippen LogP contribution in [-0.2, 0) is 19.3 Å². The van der Waals surface area contributed by atoms with E-state index < -0.39 is 0 Å². The largest absolute Gasteiger partial charge is 0.258 e. The molecule has 0 atom stereocenters. The molecule has 1 aliphatic rings. The molecule has 0 bridgehead atoms. The molecular weight excluding hydrogens is 182 g/mol. The van der Waals surface area contributed by atoms with Crippen molar-refractivity contribution in [3.05, 3.63) is 29.1 Å². The molecule has 15 heavy (non-hydrogen) atoms. The standard InChI is InChI=1S/C14H21N/c1-2-13-11-10-12-8-6-4-3-5-7-9-14(12)15-13/h10-11H,2-9H2,1H3. The summed E-state index contributed by atoms with van der Waals surface area (Å²) >= 11 is 0. The summed E-state index contributed by atoms with van der Waals surface area (Å²) in [6.07, 6.45) is 10.4. The first kappa shape index (κ1) is 10.7. The molecule has 0 amide bonds. The van der Waals surface area contributed by atoms with Crippen LogP contribution in [0.2, 0.25) is 0 Å². The number of aromatic nitrogens is 1. The number of rotatable bonds is 1. The lowest BCUT2D eigenvalue weighted by molar-refractivity contribution is 0.628. The Bertz CT molecular complexity index is 317. The van der Waals surface area contributed by atoms with Gasteiger partial charge in [-0.2, -0.15) is 0 Å². The maximum absolute atomic E-state index is 4.78. The van der Waals surface area contributed by atoms with Gasteiger partial charge in [-0.15, -0.1) is 0 Å². The second-order valence-corrected chi connectivity index (χ2v) is 4.53. The van der Waals surface area contributed by atoms with Gasteiger partial charge in [0.25, 0.3) is 0 Å². The SMILES string of the molecule is CCc1ccc2c(n1)CCCCCCC2. The molecule has 1 aliphatic carbocycles. The van der Waals surface area contributed by atoms with E-state index >= 15 is 0 Å². The normalized spacial score (nSPS) is 17.4. The van der Waals surface area contributed by atoms with Crippen molar-refractivity contribution >= 4 is 0 Å².